The third kappa shape index (κ3) is 7.78. The summed E-state index contributed by atoms with van der Waals surface area (Å²) in [7, 11) is 0. The molecule has 150 valence electrons. The van der Waals surface area contributed by atoms with E-state index in [9.17, 15) is 4.79 Å². The zero-order valence-corrected chi connectivity index (χ0v) is 17.2. The van der Waals surface area contributed by atoms with Gasteiger partial charge >= 0.3 is 0 Å². The summed E-state index contributed by atoms with van der Waals surface area (Å²) < 4.78 is 11.5. The zero-order valence-electron chi connectivity index (χ0n) is 17.2. The van der Waals surface area contributed by atoms with Gasteiger partial charge in [-0.1, -0.05) is 89.7 Å². The first kappa shape index (κ1) is 21.5. The molecule has 1 heterocycles. The van der Waals surface area contributed by atoms with Crippen LogP contribution in [0.4, 0.5) is 0 Å². The van der Waals surface area contributed by atoms with Gasteiger partial charge in [0.25, 0.3) is 0 Å². The van der Waals surface area contributed by atoms with E-state index in [0.29, 0.717) is 18.0 Å². The van der Waals surface area contributed by atoms with E-state index in [2.05, 4.69) is 6.92 Å². The van der Waals surface area contributed by atoms with Gasteiger partial charge in [-0.2, -0.15) is 0 Å². The molecule has 0 saturated carbocycles. The van der Waals surface area contributed by atoms with Crippen molar-refractivity contribution < 1.29 is 13.9 Å². The predicted octanol–water partition coefficient (Wildman–Crippen LogP) is 7.72. The number of rotatable bonds is 15. The Balaban J connectivity index is 1.53. The molecular formula is C24H36O3. The van der Waals surface area contributed by atoms with Gasteiger partial charge in [0.15, 0.2) is 22.9 Å². The summed E-state index contributed by atoms with van der Waals surface area (Å²) in [6, 6.07) is 7.59. The van der Waals surface area contributed by atoms with Crippen LogP contribution in [0, 0.1) is 0 Å². The third-order valence-corrected chi connectivity index (χ3v) is 5.11. The summed E-state index contributed by atoms with van der Waals surface area (Å²) in [4.78, 5) is 11.5. The number of benzene rings is 1. The maximum absolute atomic E-state index is 11.5. The highest BCUT2D eigenvalue weighted by molar-refractivity contribution is 5.97. The van der Waals surface area contributed by atoms with Crippen LogP contribution >= 0.6 is 0 Å². The maximum Gasteiger partial charge on any atom is 0.194 e. The van der Waals surface area contributed by atoms with E-state index in [-0.39, 0.29) is 5.78 Å². The molecule has 0 saturated heterocycles. The maximum atomic E-state index is 11.5. The topological polar surface area (TPSA) is 39.4 Å². The summed E-state index contributed by atoms with van der Waals surface area (Å²) in [5, 5.41) is 0.924. The summed E-state index contributed by atoms with van der Waals surface area (Å²) in [5.74, 6) is 1.08. The molecule has 0 amide bonds. The van der Waals surface area contributed by atoms with Gasteiger partial charge in [-0.25, -0.2) is 0 Å². The molecule has 0 N–H and O–H groups in total. The summed E-state index contributed by atoms with van der Waals surface area (Å²) >= 11 is 0. The molecule has 0 atom stereocenters. The monoisotopic (exact) mass is 372 g/mol. The highest BCUT2D eigenvalue weighted by atomic mass is 16.5. The molecule has 2 rings (SSSR count). The fourth-order valence-electron chi connectivity index (χ4n) is 3.45. The quantitative estimate of drug-likeness (QED) is 0.237. The van der Waals surface area contributed by atoms with Gasteiger partial charge in [-0.3, -0.25) is 4.79 Å². The van der Waals surface area contributed by atoms with E-state index in [1.165, 1.54) is 77.6 Å². The lowest BCUT2D eigenvalue weighted by Gasteiger charge is -2.06. The van der Waals surface area contributed by atoms with Crippen LogP contribution in [0.25, 0.3) is 11.0 Å². The van der Waals surface area contributed by atoms with Crippen molar-refractivity contribution in [2.75, 3.05) is 6.61 Å². The van der Waals surface area contributed by atoms with Crippen LogP contribution in [-0.4, -0.2) is 12.4 Å². The SMILES string of the molecule is CCCCCCCCCCCCCCOc1cccc2cc(C(C)=O)oc12. The molecule has 0 aliphatic heterocycles. The molecule has 1 aromatic carbocycles. The first-order chi connectivity index (χ1) is 13.2. The van der Waals surface area contributed by atoms with Crippen molar-refractivity contribution in [3.05, 3.63) is 30.0 Å². The molecule has 0 aliphatic rings. The molecule has 0 bridgehead atoms. The van der Waals surface area contributed by atoms with Crippen LogP contribution < -0.4 is 4.74 Å². The van der Waals surface area contributed by atoms with Crippen LogP contribution in [0.1, 0.15) is 101 Å². The second-order valence-electron chi connectivity index (χ2n) is 7.58. The second-order valence-corrected chi connectivity index (χ2v) is 7.58. The summed E-state index contributed by atoms with van der Waals surface area (Å²) in [5.41, 5.74) is 0.682. The Bertz CT molecular complexity index is 671. The summed E-state index contributed by atoms with van der Waals surface area (Å²) in [6.07, 6.45) is 16.0. The first-order valence-corrected chi connectivity index (χ1v) is 10.9. The minimum atomic E-state index is -0.0573. The van der Waals surface area contributed by atoms with Crippen molar-refractivity contribution >= 4 is 16.8 Å². The molecule has 3 nitrogen and oxygen atoms in total. The Kier molecular flexibility index (Phi) is 10.0. The molecule has 0 unspecified atom stereocenters. The molecule has 0 aliphatic carbocycles. The normalized spacial score (nSPS) is 11.2. The van der Waals surface area contributed by atoms with Crippen molar-refractivity contribution in [2.24, 2.45) is 0 Å². The fraction of sp³-hybridized carbons (Fsp3) is 0.625. The largest absolute Gasteiger partial charge is 0.490 e. The molecule has 3 heteroatoms. The number of ketones is 1. The van der Waals surface area contributed by atoms with Gasteiger partial charge < -0.3 is 9.15 Å². The number of unbranched alkanes of at least 4 members (excludes halogenated alkanes) is 11. The smallest absolute Gasteiger partial charge is 0.194 e. The number of Topliss-reactive ketones (excluding diaryl/α,β-unsaturated/α-hetero) is 1. The van der Waals surface area contributed by atoms with Crippen LogP contribution in [-0.2, 0) is 0 Å². The van der Waals surface area contributed by atoms with E-state index in [4.69, 9.17) is 9.15 Å². The lowest BCUT2D eigenvalue weighted by atomic mass is 10.1. The molecular weight excluding hydrogens is 336 g/mol. The Morgan fingerprint density at radius 1 is 0.889 bits per heavy atom. The lowest BCUT2D eigenvalue weighted by Crippen LogP contribution is -1.97. The number of carbonyl (C=O) groups excluding carboxylic acids is 1. The Morgan fingerprint density at radius 3 is 2.07 bits per heavy atom. The minimum absolute atomic E-state index is 0.0573. The van der Waals surface area contributed by atoms with Crippen molar-refractivity contribution in [2.45, 2.75) is 90.9 Å². The third-order valence-electron chi connectivity index (χ3n) is 5.11. The van der Waals surface area contributed by atoms with E-state index in [0.717, 1.165) is 17.6 Å². The van der Waals surface area contributed by atoms with Crippen LogP contribution in [0.5, 0.6) is 5.75 Å². The Hall–Kier alpha value is -1.77. The van der Waals surface area contributed by atoms with Crippen molar-refractivity contribution in [3.63, 3.8) is 0 Å². The fourth-order valence-corrected chi connectivity index (χ4v) is 3.45. The van der Waals surface area contributed by atoms with Crippen molar-refractivity contribution in [1.29, 1.82) is 0 Å². The van der Waals surface area contributed by atoms with Crippen LogP contribution in [0.2, 0.25) is 0 Å². The number of para-hydroxylation sites is 1. The first-order valence-electron chi connectivity index (χ1n) is 10.9. The number of hydrogen-bond acceptors (Lipinski definition) is 3. The molecule has 1 aromatic heterocycles. The highest BCUT2D eigenvalue weighted by Crippen LogP contribution is 2.29. The van der Waals surface area contributed by atoms with Crippen molar-refractivity contribution in [1.82, 2.24) is 0 Å². The zero-order chi connectivity index (χ0) is 19.3. The average Bonchev–Trinajstić information content (AvgIpc) is 3.11. The highest BCUT2D eigenvalue weighted by Gasteiger charge is 2.11. The van der Waals surface area contributed by atoms with E-state index >= 15 is 0 Å². The number of furan rings is 1. The van der Waals surface area contributed by atoms with E-state index in [1.807, 2.05) is 18.2 Å². The van der Waals surface area contributed by atoms with Crippen LogP contribution in [0.15, 0.2) is 28.7 Å². The van der Waals surface area contributed by atoms with Gasteiger partial charge in [0, 0.05) is 12.3 Å². The molecule has 2 aromatic rings. The lowest BCUT2D eigenvalue weighted by molar-refractivity contribution is 0.0989. The standard InChI is InChI=1S/C24H36O3/c1-3-4-5-6-7-8-9-10-11-12-13-14-18-26-22-17-15-16-21-19-23(20(2)25)27-24(21)22/h15-17,19H,3-14,18H2,1-2H3. The number of carbonyl (C=O) groups is 1. The Labute approximate surface area is 164 Å². The number of fused-ring (bicyclic) bond motifs is 1. The van der Waals surface area contributed by atoms with Gasteiger partial charge in [-0.15, -0.1) is 0 Å². The van der Waals surface area contributed by atoms with Crippen LogP contribution in [0.3, 0.4) is 0 Å². The predicted molar refractivity (Wildman–Crippen MR) is 113 cm³/mol. The second kappa shape index (κ2) is 12.6. The number of hydrogen-bond donors (Lipinski definition) is 0. The van der Waals surface area contributed by atoms with Gasteiger partial charge in [-0.05, 0) is 18.6 Å². The van der Waals surface area contributed by atoms with Crippen molar-refractivity contribution in [3.8, 4) is 5.75 Å². The van der Waals surface area contributed by atoms with E-state index < -0.39 is 0 Å². The van der Waals surface area contributed by atoms with Gasteiger partial charge in [0.2, 0.25) is 0 Å². The number of ether oxygens (including phenoxy) is 1. The van der Waals surface area contributed by atoms with E-state index in [1.54, 1.807) is 6.07 Å². The van der Waals surface area contributed by atoms with Gasteiger partial charge in [0.1, 0.15) is 0 Å². The molecule has 27 heavy (non-hydrogen) atoms. The summed E-state index contributed by atoms with van der Waals surface area (Å²) in [6.45, 7) is 4.49. The van der Waals surface area contributed by atoms with Gasteiger partial charge in [0.05, 0.1) is 6.61 Å². The molecule has 0 fully saturated rings. The average molecular weight is 373 g/mol. The Morgan fingerprint density at radius 2 is 1.48 bits per heavy atom. The molecule has 0 spiro atoms. The molecule has 0 radical (unpaired) electrons. The minimum Gasteiger partial charge on any atom is -0.490 e.